The van der Waals surface area contributed by atoms with Crippen LogP contribution in [0.1, 0.15) is 29.9 Å². The number of carbonyl (C=O) groups excluding carboxylic acids is 1. The van der Waals surface area contributed by atoms with Crippen molar-refractivity contribution in [1.82, 2.24) is 30.1 Å². The molecule has 0 saturated carbocycles. The maximum absolute atomic E-state index is 12.6. The van der Waals surface area contributed by atoms with Crippen LogP contribution in [0, 0.1) is 0 Å². The fourth-order valence-electron chi connectivity index (χ4n) is 3.32. The number of benzene rings is 1. The summed E-state index contributed by atoms with van der Waals surface area (Å²) in [5.74, 6) is -0.218. The van der Waals surface area contributed by atoms with Gasteiger partial charge in [-0.25, -0.2) is 9.67 Å². The van der Waals surface area contributed by atoms with E-state index in [9.17, 15) is 4.79 Å². The minimum atomic E-state index is -0.218. The zero-order chi connectivity index (χ0) is 19.5. The van der Waals surface area contributed by atoms with Gasteiger partial charge in [-0.1, -0.05) is 6.07 Å². The summed E-state index contributed by atoms with van der Waals surface area (Å²) >= 11 is 1.43. The summed E-state index contributed by atoms with van der Waals surface area (Å²) in [5.41, 5.74) is 2.18. The highest BCUT2D eigenvalue weighted by Crippen LogP contribution is 2.20. The number of thiazole rings is 1. The molecule has 0 bridgehead atoms. The molecular formula is C18H21N7O2S. The van der Waals surface area contributed by atoms with Crippen molar-refractivity contribution in [3.05, 3.63) is 47.2 Å². The lowest BCUT2D eigenvalue weighted by atomic mass is 10.2. The normalized spacial score (nSPS) is 20.2. The van der Waals surface area contributed by atoms with Crippen LogP contribution in [-0.2, 0) is 11.3 Å². The molecule has 2 unspecified atom stereocenters. The highest BCUT2D eigenvalue weighted by molar-refractivity contribution is 7.13. The SMILES string of the molecule is CC1CN(Cc2csc(NC(=O)c3cccc(-n4cnnn4)c3)n2)CC(C)O1. The third-order valence-electron chi connectivity index (χ3n) is 4.37. The molecule has 2 atom stereocenters. The largest absolute Gasteiger partial charge is 0.373 e. The van der Waals surface area contributed by atoms with E-state index < -0.39 is 0 Å². The Labute approximate surface area is 166 Å². The van der Waals surface area contributed by atoms with Gasteiger partial charge in [0.2, 0.25) is 0 Å². The Morgan fingerprint density at radius 2 is 2.14 bits per heavy atom. The Bertz CT molecular complexity index is 933. The number of morpholine rings is 1. The summed E-state index contributed by atoms with van der Waals surface area (Å²) in [5, 5.41) is 16.5. The van der Waals surface area contributed by atoms with Gasteiger partial charge in [0.05, 0.1) is 23.6 Å². The van der Waals surface area contributed by atoms with Crippen LogP contribution in [0.15, 0.2) is 36.0 Å². The van der Waals surface area contributed by atoms with Gasteiger partial charge in [-0.05, 0) is 42.5 Å². The molecular weight excluding hydrogens is 378 g/mol. The first kappa shape index (κ1) is 18.7. The molecule has 1 fully saturated rings. The molecule has 0 radical (unpaired) electrons. The Morgan fingerprint density at radius 3 is 2.89 bits per heavy atom. The molecule has 146 valence electrons. The first-order valence-corrected chi connectivity index (χ1v) is 9.92. The number of rotatable bonds is 5. The number of nitrogens with zero attached hydrogens (tertiary/aromatic N) is 6. The van der Waals surface area contributed by atoms with E-state index in [-0.39, 0.29) is 18.1 Å². The van der Waals surface area contributed by atoms with Gasteiger partial charge in [-0.2, -0.15) is 0 Å². The lowest BCUT2D eigenvalue weighted by molar-refractivity contribution is -0.0707. The number of hydrogen-bond donors (Lipinski definition) is 1. The van der Waals surface area contributed by atoms with Crippen LogP contribution in [0.25, 0.3) is 5.69 Å². The molecule has 4 rings (SSSR count). The molecule has 2 aromatic heterocycles. The number of anilines is 1. The van der Waals surface area contributed by atoms with Gasteiger partial charge in [0, 0.05) is 30.6 Å². The van der Waals surface area contributed by atoms with Crippen LogP contribution in [0.3, 0.4) is 0 Å². The predicted molar refractivity (Wildman–Crippen MR) is 105 cm³/mol. The number of amides is 1. The average Bonchev–Trinajstić information content (AvgIpc) is 3.33. The van der Waals surface area contributed by atoms with E-state index >= 15 is 0 Å². The van der Waals surface area contributed by atoms with Crippen molar-refractivity contribution in [1.29, 1.82) is 0 Å². The van der Waals surface area contributed by atoms with Gasteiger partial charge in [-0.3, -0.25) is 15.0 Å². The average molecular weight is 399 g/mol. The highest BCUT2D eigenvalue weighted by Gasteiger charge is 2.22. The van der Waals surface area contributed by atoms with E-state index in [1.165, 1.54) is 22.3 Å². The van der Waals surface area contributed by atoms with Crippen molar-refractivity contribution in [3.63, 3.8) is 0 Å². The lowest BCUT2D eigenvalue weighted by Gasteiger charge is -2.34. The highest BCUT2D eigenvalue weighted by atomic mass is 32.1. The van der Waals surface area contributed by atoms with Gasteiger partial charge in [0.1, 0.15) is 6.33 Å². The summed E-state index contributed by atoms with van der Waals surface area (Å²) in [6.07, 6.45) is 1.92. The lowest BCUT2D eigenvalue weighted by Crippen LogP contribution is -2.44. The molecule has 3 aromatic rings. The molecule has 1 aromatic carbocycles. The maximum Gasteiger partial charge on any atom is 0.257 e. The van der Waals surface area contributed by atoms with Crippen molar-refractivity contribution in [2.24, 2.45) is 0 Å². The Morgan fingerprint density at radius 1 is 1.32 bits per heavy atom. The first-order valence-electron chi connectivity index (χ1n) is 9.04. The first-order chi connectivity index (χ1) is 13.6. The van der Waals surface area contributed by atoms with Crippen molar-refractivity contribution >= 4 is 22.4 Å². The van der Waals surface area contributed by atoms with Crippen molar-refractivity contribution in [3.8, 4) is 5.69 Å². The second-order valence-corrected chi connectivity index (χ2v) is 7.71. The quantitative estimate of drug-likeness (QED) is 0.700. The van der Waals surface area contributed by atoms with Gasteiger partial charge in [0.25, 0.3) is 5.91 Å². The van der Waals surface area contributed by atoms with Gasteiger partial charge < -0.3 is 4.74 Å². The van der Waals surface area contributed by atoms with E-state index in [1.807, 2.05) is 11.4 Å². The molecule has 1 aliphatic rings. The monoisotopic (exact) mass is 399 g/mol. The van der Waals surface area contributed by atoms with E-state index in [4.69, 9.17) is 4.74 Å². The fourth-order valence-corrected chi connectivity index (χ4v) is 4.01. The fraction of sp³-hybridized carbons (Fsp3) is 0.389. The van der Waals surface area contributed by atoms with Gasteiger partial charge in [-0.15, -0.1) is 16.4 Å². The number of carbonyl (C=O) groups is 1. The molecule has 9 nitrogen and oxygen atoms in total. The molecule has 10 heteroatoms. The van der Waals surface area contributed by atoms with E-state index in [2.05, 4.69) is 44.6 Å². The standard InChI is InChI=1S/C18H21N7O2S/c1-12-7-24(8-13(2)27-12)9-15-10-28-18(20-15)21-17(26)14-4-3-5-16(6-14)25-11-19-22-23-25/h3-6,10-13H,7-9H2,1-2H3,(H,20,21,26). The number of nitrogens with one attached hydrogen (secondary N) is 1. The zero-order valence-corrected chi connectivity index (χ0v) is 16.5. The van der Waals surface area contributed by atoms with E-state index in [1.54, 1.807) is 18.2 Å². The van der Waals surface area contributed by atoms with Crippen LogP contribution in [-0.4, -0.2) is 61.3 Å². The maximum atomic E-state index is 12.6. The van der Waals surface area contributed by atoms with E-state index in [0.29, 0.717) is 16.4 Å². The smallest absolute Gasteiger partial charge is 0.257 e. The molecule has 0 spiro atoms. The van der Waals surface area contributed by atoms with Crippen LogP contribution in [0.5, 0.6) is 0 Å². The number of ether oxygens (including phenoxy) is 1. The Balaban J connectivity index is 1.40. The van der Waals surface area contributed by atoms with Crippen molar-refractivity contribution in [2.75, 3.05) is 18.4 Å². The molecule has 28 heavy (non-hydrogen) atoms. The topological polar surface area (TPSA) is 98.1 Å². The minimum absolute atomic E-state index is 0.217. The second-order valence-electron chi connectivity index (χ2n) is 6.85. The predicted octanol–water partition coefficient (Wildman–Crippen LogP) is 1.98. The van der Waals surface area contributed by atoms with Crippen LogP contribution >= 0.6 is 11.3 Å². The molecule has 1 aliphatic heterocycles. The van der Waals surface area contributed by atoms with Crippen LogP contribution in [0.4, 0.5) is 5.13 Å². The second kappa shape index (κ2) is 8.13. The molecule has 1 saturated heterocycles. The Hall–Kier alpha value is -2.69. The summed E-state index contributed by atoms with van der Waals surface area (Å²) < 4.78 is 7.27. The Kier molecular flexibility index (Phi) is 5.42. The molecule has 0 aliphatic carbocycles. The minimum Gasteiger partial charge on any atom is -0.373 e. The van der Waals surface area contributed by atoms with E-state index in [0.717, 1.165) is 25.3 Å². The van der Waals surface area contributed by atoms with Gasteiger partial charge in [0.15, 0.2) is 5.13 Å². The third kappa shape index (κ3) is 4.41. The number of tetrazole rings is 1. The van der Waals surface area contributed by atoms with Crippen molar-refractivity contribution in [2.45, 2.75) is 32.6 Å². The molecule has 3 heterocycles. The summed E-state index contributed by atoms with van der Waals surface area (Å²) in [7, 11) is 0. The van der Waals surface area contributed by atoms with Crippen LogP contribution in [0.2, 0.25) is 0 Å². The number of aromatic nitrogens is 5. The molecule has 1 amide bonds. The van der Waals surface area contributed by atoms with Crippen LogP contribution < -0.4 is 5.32 Å². The summed E-state index contributed by atoms with van der Waals surface area (Å²) in [4.78, 5) is 19.5. The third-order valence-corrected chi connectivity index (χ3v) is 5.18. The zero-order valence-electron chi connectivity index (χ0n) is 15.6. The molecule has 1 N–H and O–H groups in total. The number of hydrogen-bond acceptors (Lipinski definition) is 8. The van der Waals surface area contributed by atoms with Gasteiger partial charge >= 0.3 is 0 Å². The van der Waals surface area contributed by atoms with Crippen molar-refractivity contribution < 1.29 is 9.53 Å². The summed E-state index contributed by atoms with van der Waals surface area (Å²) in [6.45, 7) is 6.68. The summed E-state index contributed by atoms with van der Waals surface area (Å²) in [6, 6.07) is 7.10.